The van der Waals surface area contributed by atoms with Crippen molar-refractivity contribution in [2.75, 3.05) is 0 Å². The normalized spacial score (nSPS) is 29.5. The van der Waals surface area contributed by atoms with E-state index in [1.165, 1.54) is 30.4 Å². The summed E-state index contributed by atoms with van der Waals surface area (Å²) in [5.41, 5.74) is 2.91. The van der Waals surface area contributed by atoms with Gasteiger partial charge in [0.25, 0.3) is 0 Å². The largest absolute Gasteiger partial charge is 0.0953 e. The highest BCUT2D eigenvalue weighted by Crippen LogP contribution is 2.32. The fourth-order valence-corrected chi connectivity index (χ4v) is 1.73. The first-order valence-corrected chi connectivity index (χ1v) is 4.64. The van der Waals surface area contributed by atoms with Gasteiger partial charge < -0.3 is 0 Å². The molecule has 1 aliphatic rings. The lowest BCUT2D eigenvalue weighted by Gasteiger charge is -2.23. The second-order valence-electron chi connectivity index (χ2n) is 3.46. The molecule has 0 aliphatic heterocycles. The molecule has 0 bridgehead atoms. The Kier molecular flexibility index (Phi) is 2.92. The van der Waals surface area contributed by atoms with Crippen LogP contribution in [0.25, 0.3) is 0 Å². The average Bonchev–Trinajstić information content (AvgIpc) is 1.99. The molecule has 1 fully saturated rings. The van der Waals surface area contributed by atoms with E-state index in [1.54, 1.807) is 0 Å². The van der Waals surface area contributed by atoms with Gasteiger partial charge in [0.15, 0.2) is 0 Å². The van der Waals surface area contributed by atoms with Crippen molar-refractivity contribution in [2.24, 2.45) is 5.92 Å². The molecule has 1 saturated carbocycles. The molecule has 62 valence electrons. The molecule has 0 N–H and O–H groups in total. The number of hydrogen-bond acceptors (Lipinski definition) is 0. The fraction of sp³-hybridized carbons (Fsp3) is 0.636. The molecule has 0 saturated heterocycles. The minimum Gasteiger partial charge on any atom is -0.0953 e. The smallest absolute Gasteiger partial charge is 0.0194 e. The van der Waals surface area contributed by atoms with Crippen LogP contribution in [0.1, 0.15) is 39.5 Å². The van der Waals surface area contributed by atoms with E-state index in [1.807, 2.05) is 0 Å². The van der Waals surface area contributed by atoms with Gasteiger partial charge in [-0.1, -0.05) is 26.5 Å². The SMILES string of the molecule is C=C1/C(=C\CC)CCCC1C. The van der Waals surface area contributed by atoms with Crippen LogP contribution in [-0.4, -0.2) is 0 Å². The quantitative estimate of drug-likeness (QED) is 0.534. The molecule has 0 radical (unpaired) electrons. The topological polar surface area (TPSA) is 0 Å². The molecule has 1 aliphatic carbocycles. The van der Waals surface area contributed by atoms with Crippen molar-refractivity contribution in [2.45, 2.75) is 39.5 Å². The fourth-order valence-electron chi connectivity index (χ4n) is 1.73. The van der Waals surface area contributed by atoms with Crippen LogP contribution in [0.3, 0.4) is 0 Å². The van der Waals surface area contributed by atoms with E-state index in [-0.39, 0.29) is 0 Å². The van der Waals surface area contributed by atoms with E-state index in [2.05, 4.69) is 26.5 Å². The third-order valence-corrected chi connectivity index (χ3v) is 2.54. The Morgan fingerprint density at radius 1 is 1.64 bits per heavy atom. The second-order valence-corrected chi connectivity index (χ2v) is 3.46. The van der Waals surface area contributed by atoms with Crippen LogP contribution < -0.4 is 0 Å². The number of rotatable bonds is 1. The molecule has 0 nitrogen and oxygen atoms in total. The Balaban J connectivity index is 2.66. The van der Waals surface area contributed by atoms with Crippen molar-refractivity contribution < 1.29 is 0 Å². The van der Waals surface area contributed by atoms with E-state index in [0.717, 1.165) is 12.3 Å². The highest BCUT2D eigenvalue weighted by atomic mass is 14.2. The minimum atomic E-state index is 0.724. The highest BCUT2D eigenvalue weighted by molar-refractivity contribution is 5.31. The molecule has 0 aromatic heterocycles. The predicted octanol–water partition coefficient (Wildman–Crippen LogP) is 3.70. The third kappa shape index (κ3) is 1.95. The average molecular weight is 150 g/mol. The molecule has 0 heterocycles. The summed E-state index contributed by atoms with van der Waals surface area (Å²) in [7, 11) is 0. The van der Waals surface area contributed by atoms with Crippen LogP contribution in [-0.2, 0) is 0 Å². The van der Waals surface area contributed by atoms with Gasteiger partial charge in [-0.05, 0) is 42.7 Å². The molecule has 1 rings (SSSR count). The summed E-state index contributed by atoms with van der Waals surface area (Å²) in [5, 5.41) is 0. The van der Waals surface area contributed by atoms with Crippen LogP contribution in [0.5, 0.6) is 0 Å². The molecule has 0 heteroatoms. The molecule has 11 heavy (non-hydrogen) atoms. The van der Waals surface area contributed by atoms with E-state index < -0.39 is 0 Å². The first kappa shape index (κ1) is 8.58. The number of allylic oxidation sites excluding steroid dienone is 3. The standard InChI is InChI=1S/C11H18/c1-4-6-11-8-5-7-9(2)10(11)3/h6,9H,3-5,7-8H2,1-2H3/b11-6-. The maximum atomic E-state index is 4.13. The van der Waals surface area contributed by atoms with Crippen molar-refractivity contribution in [1.29, 1.82) is 0 Å². The number of hydrogen-bond donors (Lipinski definition) is 0. The Hall–Kier alpha value is -0.520. The van der Waals surface area contributed by atoms with Gasteiger partial charge in [0.1, 0.15) is 0 Å². The summed E-state index contributed by atoms with van der Waals surface area (Å²) in [5.74, 6) is 0.724. The van der Waals surface area contributed by atoms with Gasteiger partial charge in [0.2, 0.25) is 0 Å². The van der Waals surface area contributed by atoms with E-state index in [9.17, 15) is 0 Å². The van der Waals surface area contributed by atoms with Crippen molar-refractivity contribution >= 4 is 0 Å². The van der Waals surface area contributed by atoms with Crippen molar-refractivity contribution in [1.82, 2.24) is 0 Å². The van der Waals surface area contributed by atoms with Gasteiger partial charge in [-0.3, -0.25) is 0 Å². The van der Waals surface area contributed by atoms with E-state index >= 15 is 0 Å². The summed E-state index contributed by atoms with van der Waals surface area (Å²) in [6.45, 7) is 8.60. The third-order valence-electron chi connectivity index (χ3n) is 2.54. The molecule has 1 atom stereocenters. The van der Waals surface area contributed by atoms with Crippen molar-refractivity contribution in [3.63, 3.8) is 0 Å². The summed E-state index contributed by atoms with van der Waals surface area (Å²) >= 11 is 0. The molecular formula is C11H18. The van der Waals surface area contributed by atoms with E-state index in [0.29, 0.717) is 0 Å². The molecular weight excluding hydrogens is 132 g/mol. The molecule has 0 amide bonds. The lowest BCUT2D eigenvalue weighted by Crippen LogP contribution is -2.07. The van der Waals surface area contributed by atoms with Gasteiger partial charge in [0.05, 0.1) is 0 Å². The first-order chi connectivity index (χ1) is 5.25. The highest BCUT2D eigenvalue weighted by Gasteiger charge is 2.15. The second kappa shape index (κ2) is 3.75. The van der Waals surface area contributed by atoms with Crippen LogP contribution in [0.2, 0.25) is 0 Å². The zero-order chi connectivity index (χ0) is 8.27. The van der Waals surface area contributed by atoms with Crippen LogP contribution in [0.4, 0.5) is 0 Å². The zero-order valence-corrected chi connectivity index (χ0v) is 7.69. The summed E-state index contributed by atoms with van der Waals surface area (Å²) in [4.78, 5) is 0. The Morgan fingerprint density at radius 2 is 2.36 bits per heavy atom. The van der Waals surface area contributed by atoms with Gasteiger partial charge >= 0.3 is 0 Å². The van der Waals surface area contributed by atoms with Gasteiger partial charge in [0, 0.05) is 0 Å². The van der Waals surface area contributed by atoms with Crippen LogP contribution in [0.15, 0.2) is 23.8 Å². The molecule has 1 unspecified atom stereocenters. The van der Waals surface area contributed by atoms with Crippen molar-refractivity contribution in [3.8, 4) is 0 Å². The van der Waals surface area contributed by atoms with Gasteiger partial charge in [-0.15, -0.1) is 0 Å². The minimum absolute atomic E-state index is 0.724. The Labute approximate surface area is 70.0 Å². The summed E-state index contributed by atoms with van der Waals surface area (Å²) in [6, 6.07) is 0. The monoisotopic (exact) mass is 150 g/mol. The van der Waals surface area contributed by atoms with Crippen LogP contribution >= 0.6 is 0 Å². The van der Waals surface area contributed by atoms with Crippen molar-refractivity contribution in [3.05, 3.63) is 23.8 Å². The lowest BCUT2D eigenvalue weighted by atomic mass is 9.82. The predicted molar refractivity (Wildman–Crippen MR) is 50.5 cm³/mol. The maximum absolute atomic E-state index is 4.13. The van der Waals surface area contributed by atoms with Crippen LogP contribution in [0, 0.1) is 5.92 Å². The lowest BCUT2D eigenvalue weighted by molar-refractivity contribution is 0.540. The zero-order valence-electron chi connectivity index (χ0n) is 7.69. The van der Waals surface area contributed by atoms with Gasteiger partial charge in [-0.25, -0.2) is 0 Å². The Bertz CT molecular complexity index is 174. The molecule has 0 aromatic rings. The summed E-state index contributed by atoms with van der Waals surface area (Å²) in [6.07, 6.45) is 7.43. The summed E-state index contributed by atoms with van der Waals surface area (Å²) < 4.78 is 0. The maximum Gasteiger partial charge on any atom is -0.0194 e. The Morgan fingerprint density at radius 3 is 3.00 bits per heavy atom. The van der Waals surface area contributed by atoms with Gasteiger partial charge in [-0.2, -0.15) is 0 Å². The molecule has 0 spiro atoms. The molecule has 0 aromatic carbocycles. The first-order valence-electron chi connectivity index (χ1n) is 4.64. The van der Waals surface area contributed by atoms with E-state index in [4.69, 9.17) is 0 Å².